The van der Waals surface area contributed by atoms with E-state index in [0.29, 0.717) is 34.7 Å². The number of hydrogen-bond acceptors (Lipinski definition) is 10. The Kier molecular flexibility index (Phi) is 14.9. The van der Waals surface area contributed by atoms with Gasteiger partial charge in [-0.3, -0.25) is 19.7 Å². The van der Waals surface area contributed by atoms with Crippen LogP contribution in [-0.2, 0) is 9.47 Å². The Bertz CT molecular complexity index is 1650. The summed E-state index contributed by atoms with van der Waals surface area (Å²) in [6.45, 7) is 0.654. The van der Waals surface area contributed by atoms with E-state index in [-0.39, 0.29) is 26.2 Å². The van der Waals surface area contributed by atoms with E-state index >= 15 is 0 Å². The minimum absolute atomic E-state index is 0.0515. The zero-order valence-electron chi connectivity index (χ0n) is 30.2. The highest BCUT2D eigenvalue weighted by molar-refractivity contribution is 8.27. The van der Waals surface area contributed by atoms with E-state index in [0.717, 1.165) is 42.8 Å². The first kappa shape index (κ1) is 43.1. The summed E-state index contributed by atoms with van der Waals surface area (Å²) in [6.07, 6.45) is -3.97. The van der Waals surface area contributed by atoms with E-state index in [1.165, 1.54) is 15.4 Å². The molecule has 6 rings (SSSR count). The molecule has 0 saturated carbocycles. The average molecular weight is 853 g/mol. The van der Waals surface area contributed by atoms with E-state index in [4.69, 9.17) is 14.6 Å². The third-order valence-electron chi connectivity index (χ3n) is 10.1. The number of hydrogen-bond donors (Lipinski definition) is 6. The quantitative estimate of drug-likeness (QED) is 0.105. The number of nitrogens with one attached hydrogen (secondary N) is 3. The Labute approximate surface area is 332 Å². The number of amides is 2. The summed E-state index contributed by atoms with van der Waals surface area (Å²) in [7, 11) is -1.75. The predicted molar refractivity (Wildman–Crippen MR) is 218 cm³/mol. The first-order valence-electron chi connectivity index (χ1n) is 17.8. The molecule has 7 N–H and O–H groups in total. The van der Waals surface area contributed by atoms with Crippen molar-refractivity contribution in [3.63, 3.8) is 0 Å². The second kappa shape index (κ2) is 19.0. The van der Waals surface area contributed by atoms with Gasteiger partial charge >= 0.3 is 12.2 Å². The maximum Gasteiger partial charge on any atom is 0.414 e. The minimum atomic E-state index is -2.72. The van der Waals surface area contributed by atoms with Gasteiger partial charge in [0.2, 0.25) is 0 Å². The van der Waals surface area contributed by atoms with E-state index in [2.05, 4.69) is 39.8 Å². The lowest BCUT2D eigenvalue weighted by atomic mass is 9.93. The lowest BCUT2D eigenvalue weighted by Crippen LogP contribution is -2.36. The highest BCUT2D eigenvalue weighted by Gasteiger charge is 2.35. The summed E-state index contributed by atoms with van der Waals surface area (Å²) < 4.78 is 83.5. The number of benzene rings is 2. The van der Waals surface area contributed by atoms with Gasteiger partial charge in [-0.15, -0.1) is 0 Å². The van der Waals surface area contributed by atoms with Crippen molar-refractivity contribution in [1.82, 2.24) is 15.4 Å². The summed E-state index contributed by atoms with van der Waals surface area (Å²) in [5.41, 5.74) is 3.75. The van der Waals surface area contributed by atoms with Crippen molar-refractivity contribution in [1.29, 1.82) is 0 Å². The van der Waals surface area contributed by atoms with Crippen LogP contribution in [0.25, 0.3) is 0 Å². The average Bonchev–Trinajstić information content (AvgIpc) is 3.74. The van der Waals surface area contributed by atoms with Crippen molar-refractivity contribution < 1.29 is 45.7 Å². The largest absolute Gasteiger partial charge is 0.442 e. The zero-order chi connectivity index (χ0) is 39.9. The normalized spacial score (nSPS) is 30.4. The fourth-order valence-corrected chi connectivity index (χ4v) is 10.6. The first-order chi connectivity index (χ1) is 26.1. The van der Waals surface area contributed by atoms with Gasteiger partial charge in [0.25, 0.3) is 12.9 Å². The number of alkyl halides is 4. The lowest BCUT2D eigenvalue weighted by Gasteiger charge is -2.40. The van der Waals surface area contributed by atoms with E-state index in [1.54, 1.807) is 0 Å². The van der Waals surface area contributed by atoms with Crippen LogP contribution in [0.2, 0.25) is 0 Å². The third-order valence-corrected chi connectivity index (χ3v) is 15.2. The molecule has 4 fully saturated rings. The van der Waals surface area contributed by atoms with Gasteiger partial charge in [0.05, 0.1) is 26.2 Å². The van der Waals surface area contributed by atoms with Crippen LogP contribution in [0.5, 0.6) is 0 Å². The third kappa shape index (κ3) is 11.8. The fourth-order valence-electron chi connectivity index (χ4n) is 6.84. The second-order valence-corrected chi connectivity index (χ2v) is 20.2. The van der Waals surface area contributed by atoms with Crippen LogP contribution in [0.3, 0.4) is 0 Å². The van der Waals surface area contributed by atoms with Crippen LogP contribution in [-0.4, -0.2) is 113 Å². The summed E-state index contributed by atoms with van der Waals surface area (Å²) in [4.78, 5) is 26.1. The molecule has 0 aromatic heterocycles. The summed E-state index contributed by atoms with van der Waals surface area (Å²) in [5.74, 6) is 3.61. The van der Waals surface area contributed by atoms with Gasteiger partial charge < -0.3 is 29.2 Å². The van der Waals surface area contributed by atoms with Gasteiger partial charge in [0.1, 0.15) is 22.2 Å². The molecule has 0 bridgehead atoms. The molecular formula is C35H48F4N6O6S4. The number of thiocarbonyl (C=S) groups is 2. The number of nitrogens with zero attached hydrogens (tertiary/aromatic N) is 2. The highest BCUT2D eigenvalue weighted by atomic mass is 32.3. The Balaban J connectivity index is 0.000000211. The molecule has 2 amide bonds. The molecule has 2 atom stereocenters. The zero-order valence-corrected chi connectivity index (χ0v) is 33.5. The molecule has 4 aliphatic rings. The fraction of sp³-hybridized carbons (Fsp3) is 0.543. The molecular weight excluding hydrogens is 805 g/mol. The Morgan fingerprint density at radius 2 is 1.11 bits per heavy atom. The molecule has 0 unspecified atom stereocenters. The number of ether oxygens (including phenoxy) is 2. The van der Waals surface area contributed by atoms with Gasteiger partial charge in [-0.05, 0) is 80.0 Å². The van der Waals surface area contributed by atoms with Crippen molar-refractivity contribution >= 4 is 79.0 Å². The molecule has 4 heterocycles. The van der Waals surface area contributed by atoms with Crippen LogP contribution < -0.4 is 30.3 Å². The van der Waals surface area contributed by atoms with Crippen LogP contribution in [0, 0.1) is 0 Å². The number of carbonyl (C=O) groups excluding carboxylic acids is 2. The molecule has 12 nitrogen and oxygen atoms in total. The second-order valence-electron chi connectivity index (χ2n) is 13.8. The van der Waals surface area contributed by atoms with Crippen LogP contribution >= 0.6 is 45.4 Å². The standard InChI is InChI=1S/C18H25F2N3O3S2.C17H23F2N3O3S2/c1-21-28(25)8-6-13(7-9-28)12-2-4-14(5-3-12)23-11-15(26-18(23)24)10-22-17(27)16(19)20;18-15(19)16(26)21-9-14-10-22(17(23)25-14)13-3-1-11(2-4-13)12-5-7-27(20,24)8-6-12/h2-5,13,15-16,21,25H,6-11H2,1H3,(H,22,27);1-4,12,14-15,24H,5-10,20H2,(H,21,26)/t15-;14-/m00/s1. The van der Waals surface area contributed by atoms with E-state index in [9.17, 15) is 36.3 Å². The first-order valence-corrected chi connectivity index (χ1v) is 22.6. The minimum Gasteiger partial charge on any atom is -0.442 e. The van der Waals surface area contributed by atoms with Gasteiger partial charge in [-0.25, -0.2) is 27.2 Å². The van der Waals surface area contributed by atoms with Crippen molar-refractivity contribution in [3.05, 3.63) is 59.7 Å². The molecule has 306 valence electrons. The number of carbonyl (C=O) groups is 2. The van der Waals surface area contributed by atoms with Crippen molar-refractivity contribution in [2.45, 2.75) is 62.6 Å². The highest BCUT2D eigenvalue weighted by Crippen LogP contribution is 2.48. The smallest absolute Gasteiger partial charge is 0.414 e. The monoisotopic (exact) mass is 852 g/mol. The van der Waals surface area contributed by atoms with Crippen LogP contribution in [0.4, 0.5) is 38.5 Å². The Hall–Kier alpha value is -2.98. The summed E-state index contributed by atoms with van der Waals surface area (Å²) >= 11 is 9.05. The van der Waals surface area contributed by atoms with Crippen molar-refractivity contribution in [2.75, 3.05) is 66.0 Å². The van der Waals surface area contributed by atoms with E-state index < -0.39 is 68.2 Å². The summed E-state index contributed by atoms with van der Waals surface area (Å²) in [6, 6.07) is 15.4. The number of nitrogens with two attached hydrogens (primary N) is 1. The number of cyclic esters (lactones) is 2. The van der Waals surface area contributed by atoms with Gasteiger partial charge in [0.15, 0.2) is 0 Å². The number of anilines is 2. The van der Waals surface area contributed by atoms with Gasteiger partial charge in [-0.2, -0.15) is 0 Å². The Morgan fingerprint density at radius 1 is 0.745 bits per heavy atom. The molecule has 0 radical (unpaired) electrons. The SMILES string of the molecule is CNS1(O)CCC(c2ccc(N3C[C@H](CNC(=S)C(F)F)OC3=O)cc2)CC1.NS1(O)CCC(c2ccc(N3C[C@H](CNC(=S)C(F)F)OC3=O)cc2)CC1. The molecule has 2 aromatic rings. The Morgan fingerprint density at radius 3 is 1.45 bits per heavy atom. The van der Waals surface area contributed by atoms with Crippen molar-refractivity contribution in [3.8, 4) is 0 Å². The molecule has 0 aliphatic carbocycles. The molecule has 20 heteroatoms. The maximum atomic E-state index is 12.4. The molecule has 2 aromatic carbocycles. The molecule has 0 spiro atoms. The van der Waals surface area contributed by atoms with Crippen LogP contribution in [0.1, 0.15) is 48.6 Å². The number of rotatable bonds is 11. The lowest BCUT2D eigenvalue weighted by molar-refractivity contribution is 0.141. The summed E-state index contributed by atoms with van der Waals surface area (Å²) in [5, 5.41) is 10.7. The van der Waals surface area contributed by atoms with Gasteiger partial charge in [-0.1, -0.05) is 69.7 Å². The topological polar surface area (TPSA) is 162 Å². The molecule has 55 heavy (non-hydrogen) atoms. The maximum absolute atomic E-state index is 12.4. The number of halogens is 4. The predicted octanol–water partition coefficient (Wildman–Crippen LogP) is 6.71. The molecule has 4 saturated heterocycles. The van der Waals surface area contributed by atoms with E-state index in [1.807, 2.05) is 55.6 Å². The van der Waals surface area contributed by atoms with Gasteiger partial charge in [0, 0.05) is 34.4 Å². The van der Waals surface area contributed by atoms with Crippen molar-refractivity contribution in [2.24, 2.45) is 5.14 Å². The van der Waals surface area contributed by atoms with Crippen LogP contribution in [0.15, 0.2) is 48.5 Å². The molecule has 4 aliphatic heterocycles.